The van der Waals surface area contributed by atoms with Crippen molar-refractivity contribution in [1.82, 2.24) is 10.5 Å². The average molecular weight is 292 g/mol. The summed E-state index contributed by atoms with van der Waals surface area (Å²) in [5.74, 6) is 0.339. The number of rotatable bonds is 4. The van der Waals surface area contributed by atoms with E-state index in [9.17, 15) is 4.79 Å². The zero-order valence-corrected chi connectivity index (χ0v) is 12.2. The van der Waals surface area contributed by atoms with E-state index in [1.165, 1.54) is 0 Å². The van der Waals surface area contributed by atoms with Crippen LogP contribution in [0.2, 0.25) is 0 Å². The van der Waals surface area contributed by atoms with Gasteiger partial charge in [-0.15, -0.1) is 0 Å². The molecule has 0 unspecified atom stereocenters. The lowest BCUT2D eigenvalue weighted by Crippen LogP contribution is -2.23. The normalized spacial score (nSPS) is 10.4. The second-order valence-electron chi connectivity index (χ2n) is 5.00. The molecule has 0 aliphatic carbocycles. The van der Waals surface area contributed by atoms with Crippen LogP contribution in [-0.4, -0.2) is 11.1 Å². The number of hydrogen-bond acceptors (Lipinski definition) is 3. The van der Waals surface area contributed by atoms with Crippen LogP contribution in [0.1, 0.15) is 21.7 Å². The third-order valence-corrected chi connectivity index (χ3v) is 3.43. The minimum absolute atomic E-state index is 0.179. The molecule has 22 heavy (non-hydrogen) atoms. The summed E-state index contributed by atoms with van der Waals surface area (Å²) in [4.78, 5) is 12.5. The Balaban J connectivity index is 1.82. The van der Waals surface area contributed by atoms with Crippen molar-refractivity contribution in [2.24, 2.45) is 0 Å². The van der Waals surface area contributed by atoms with Crippen LogP contribution in [0, 0.1) is 6.92 Å². The molecule has 0 saturated carbocycles. The molecule has 1 heterocycles. The lowest BCUT2D eigenvalue weighted by molar-refractivity contribution is 0.0950. The Kier molecular flexibility index (Phi) is 4.01. The third kappa shape index (κ3) is 2.91. The highest BCUT2D eigenvalue weighted by molar-refractivity contribution is 6.00. The van der Waals surface area contributed by atoms with E-state index in [2.05, 4.69) is 10.5 Å². The van der Waals surface area contributed by atoms with Gasteiger partial charge in [0.25, 0.3) is 5.91 Å². The molecule has 0 fully saturated rings. The fourth-order valence-corrected chi connectivity index (χ4v) is 2.30. The van der Waals surface area contributed by atoms with Crippen molar-refractivity contribution < 1.29 is 9.32 Å². The topological polar surface area (TPSA) is 55.1 Å². The number of hydrogen-bond donors (Lipinski definition) is 1. The first kappa shape index (κ1) is 14.1. The van der Waals surface area contributed by atoms with Gasteiger partial charge in [0.05, 0.1) is 0 Å². The highest BCUT2D eigenvalue weighted by atomic mass is 16.5. The largest absolute Gasteiger partial charge is 0.360 e. The van der Waals surface area contributed by atoms with Gasteiger partial charge >= 0.3 is 0 Å². The van der Waals surface area contributed by atoms with Crippen molar-refractivity contribution in [2.75, 3.05) is 0 Å². The van der Waals surface area contributed by atoms with Crippen LogP contribution < -0.4 is 5.32 Å². The molecule has 1 aromatic heterocycles. The van der Waals surface area contributed by atoms with E-state index in [4.69, 9.17) is 4.52 Å². The lowest BCUT2D eigenvalue weighted by atomic mass is 10.1. The molecule has 1 N–H and O–H groups in total. The van der Waals surface area contributed by atoms with E-state index in [1.807, 2.05) is 60.7 Å². The van der Waals surface area contributed by atoms with Gasteiger partial charge in [-0.1, -0.05) is 65.8 Å². The second kappa shape index (κ2) is 6.26. The molecule has 0 saturated heterocycles. The van der Waals surface area contributed by atoms with E-state index in [-0.39, 0.29) is 5.91 Å². The van der Waals surface area contributed by atoms with Crippen molar-refractivity contribution in [2.45, 2.75) is 13.5 Å². The Morgan fingerprint density at radius 2 is 1.68 bits per heavy atom. The van der Waals surface area contributed by atoms with E-state index < -0.39 is 0 Å². The molecule has 4 heteroatoms. The third-order valence-electron chi connectivity index (χ3n) is 3.43. The molecule has 110 valence electrons. The van der Waals surface area contributed by atoms with Crippen LogP contribution in [-0.2, 0) is 6.54 Å². The molecule has 3 aromatic rings. The first-order valence-corrected chi connectivity index (χ1v) is 7.09. The first-order valence-electron chi connectivity index (χ1n) is 7.09. The number of benzene rings is 2. The van der Waals surface area contributed by atoms with Gasteiger partial charge in [-0.25, -0.2) is 0 Å². The highest BCUT2D eigenvalue weighted by Crippen LogP contribution is 2.24. The summed E-state index contributed by atoms with van der Waals surface area (Å²) < 4.78 is 5.21. The molecule has 3 rings (SSSR count). The average Bonchev–Trinajstić information content (AvgIpc) is 2.96. The van der Waals surface area contributed by atoms with E-state index >= 15 is 0 Å². The Morgan fingerprint density at radius 3 is 2.36 bits per heavy atom. The van der Waals surface area contributed by atoms with E-state index in [1.54, 1.807) is 6.92 Å². The van der Waals surface area contributed by atoms with Crippen molar-refractivity contribution in [3.05, 3.63) is 77.6 Å². The number of aryl methyl sites for hydroxylation is 1. The van der Waals surface area contributed by atoms with Gasteiger partial charge in [-0.3, -0.25) is 4.79 Å². The number of amides is 1. The van der Waals surface area contributed by atoms with E-state index in [0.29, 0.717) is 23.6 Å². The van der Waals surface area contributed by atoms with Crippen molar-refractivity contribution in [1.29, 1.82) is 0 Å². The predicted molar refractivity (Wildman–Crippen MR) is 84.3 cm³/mol. The summed E-state index contributed by atoms with van der Waals surface area (Å²) in [7, 11) is 0. The van der Waals surface area contributed by atoms with Gasteiger partial charge < -0.3 is 9.84 Å². The maximum Gasteiger partial charge on any atom is 0.257 e. The minimum atomic E-state index is -0.179. The molecular formula is C18H16N2O2. The van der Waals surface area contributed by atoms with Crippen LogP contribution in [0.15, 0.2) is 65.2 Å². The van der Waals surface area contributed by atoms with Gasteiger partial charge in [0.15, 0.2) is 0 Å². The molecule has 0 aliphatic rings. The molecule has 0 radical (unpaired) electrons. The van der Waals surface area contributed by atoms with Crippen molar-refractivity contribution >= 4 is 5.91 Å². The van der Waals surface area contributed by atoms with Crippen LogP contribution in [0.5, 0.6) is 0 Å². The lowest BCUT2D eigenvalue weighted by Gasteiger charge is -2.06. The highest BCUT2D eigenvalue weighted by Gasteiger charge is 2.21. The fourth-order valence-electron chi connectivity index (χ4n) is 2.30. The summed E-state index contributed by atoms with van der Waals surface area (Å²) >= 11 is 0. The van der Waals surface area contributed by atoms with Crippen LogP contribution in [0.25, 0.3) is 11.3 Å². The number of carbonyl (C=O) groups is 1. The molecular weight excluding hydrogens is 276 g/mol. The maximum atomic E-state index is 12.5. The number of carbonyl (C=O) groups excluding carboxylic acids is 1. The number of nitrogens with zero attached hydrogens (tertiary/aromatic N) is 1. The maximum absolute atomic E-state index is 12.5. The standard InChI is InChI=1S/C18H16N2O2/c1-13-16(17(20-22-13)15-10-6-3-7-11-15)18(21)19-12-14-8-4-2-5-9-14/h2-11H,12H2,1H3,(H,19,21). The van der Waals surface area contributed by atoms with Crippen molar-refractivity contribution in [3.8, 4) is 11.3 Å². The van der Waals surface area contributed by atoms with Gasteiger partial charge in [0.2, 0.25) is 0 Å². The molecule has 0 aliphatic heterocycles. The number of aromatic nitrogens is 1. The van der Waals surface area contributed by atoms with Crippen LogP contribution in [0.3, 0.4) is 0 Å². The van der Waals surface area contributed by atoms with E-state index in [0.717, 1.165) is 11.1 Å². The molecule has 4 nitrogen and oxygen atoms in total. The minimum Gasteiger partial charge on any atom is -0.360 e. The summed E-state index contributed by atoms with van der Waals surface area (Å²) in [6.45, 7) is 2.22. The van der Waals surface area contributed by atoms with Gasteiger partial charge in [-0.2, -0.15) is 0 Å². The Bertz CT molecular complexity index is 764. The van der Waals surface area contributed by atoms with Crippen LogP contribution >= 0.6 is 0 Å². The second-order valence-corrected chi connectivity index (χ2v) is 5.00. The molecule has 0 bridgehead atoms. The molecule has 2 aromatic carbocycles. The van der Waals surface area contributed by atoms with Gasteiger partial charge in [-0.05, 0) is 12.5 Å². The Labute approximate surface area is 128 Å². The van der Waals surface area contributed by atoms with Crippen LogP contribution in [0.4, 0.5) is 0 Å². The summed E-state index contributed by atoms with van der Waals surface area (Å²) in [6, 6.07) is 19.3. The fraction of sp³-hybridized carbons (Fsp3) is 0.111. The van der Waals surface area contributed by atoms with Gasteiger partial charge in [0, 0.05) is 12.1 Å². The summed E-state index contributed by atoms with van der Waals surface area (Å²) in [6.07, 6.45) is 0. The molecule has 1 amide bonds. The molecule has 0 spiro atoms. The monoisotopic (exact) mass is 292 g/mol. The van der Waals surface area contributed by atoms with Gasteiger partial charge in [0.1, 0.15) is 17.0 Å². The van der Waals surface area contributed by atoms with Crippen molar-refractivity contribution in [3.63, 3.8) is 0 Å². The zero-order valence-electron chi connectivity index (χ0n) is 12.2. The summed E-state index contributed by atoms with van der Waals surface area (Å²) in [5, 5.41) is 6.94. The summed E-state index contributed by atoms with van der Waals surface area (Å²) in [5.41, 5.74) is 2.97. The molecule has 0 atom stereocenters. The first-order chi connectivity index (χ1) is 10.8. The number of nitrogens with one attached hydrogen (secondary N) is 1. The smallest absolute Gasteiger partial charge is 0.257 e. The Hall–Kier alpha value is -2.88. The zero-order chi connectivity index (χ0) is 15.4. The predicted octanol–water partition coefficient (Wildman–Crippen LogP) is 3.58. The Morgan fingerprint density at radius 1 is 1.05 bits per heavy atom. The SMILES string of the molecule is Cc1onc(-c2ccccc2)c1C(=O)NCc1ccccc1. The quantitative estimate of drug-likeness (QED) is 0.799.